The smallest absolute Gasteiger partial charge is 0.347 e. The molecule has 0 bridgehead atoms. The molecule has 2 rings (SSSR count). The van der Waals surface area contributed by atoms with Crippen molar-refractivity contribution in [1.29, 1.82) is 0 Å². The molecular weight excluding hydrogens is 244 g/mol. The molecule has 0 saturated carbocycles. The van der Waals surface area contributed by atoms with Crippen molar-refractivity contribution in [2.45, 2.75) is 20.3 Å². The summed E-state index contributed by atoms with van der Waals surface area (Å²) in [6.45, 7) is 3.50. The minimum Gasteiger partial charge on any atom is -0.469 e. The summed E-state index contributed by atoms with van der Waals surface area (Å²) in [5.41, 5.74) is 1.01. The van der Waals surface area contributed by atoms with E-state index in [1.165, 1.54) is 6.26 Å². The van der Waals surface area contributed by atoms with Crippen LogP contribution in [0.5, 0.6) is 5.75 Å². The van der Waals surface area contributed by atoms with Crippen LogP contribution >= 0.6 is 0 Å². The monoisotopic (exact) mass is 258 g/mol. The number of furan rings is 1. The third-order valence-corrected chi connectivity index (χ3v) is 2.79. The Labute approximate surface area is 111 Å². The standard InChI is InChI=1S/C15H14O4/c1-3-14(16)11-4-6-12(7-5-11)19-15(17)13-8-9-18-10(13)2/h4-9H,3H2,1-2H3. The highest BCUT2D eigenvalue weighted by atomic mass is 16.5. The zero-order chi connectivity index (χ0) is 13.8. The normalized spacial score (nSPS) is 10.2. The summed E-state index contributed by atoms with van der Waals surface area (Å²) in [4.78, 5) is 23.3. The van der Waals surface area contributed by atoms with Gasteiger partial charge in [0.1, 0.15) is 17.1 Å². The molecule has 0 radical (unpaired) electrons. The molecule has 0 spiro atoms. The van der Waals surface area contributed by atoms with Gasteiger partial charge in [0.05, 0.1) is 6.26 Å². The summed E-state index contributed by atoms with van der Waals surface area (Å²) in [7, 11) is 0. The quantitative estimate of drug-likeness (QED) is 0.479. The summed E-state index contributed by atoms with van der Waals surface area (Å²) in [5.74, 6) is 0.505. The number of Topliss-reactive ketones (excluding diaryl/α,β-unsaturated/α-hetero) is 1. The molecule has 0 atom stereocenters. The third-order valence-electron chi connectivity index (χ3n) is 2.79. The molecule has 2 aromatic rings. The topological polar surface area (TPSA) is 56.5 Å². The number of rotatable bonds is 4. The van der Waals surface area contributed by atoms with E-state index in [9.17, 15) is 9.59 Å². The molecule has 98 valence electrons. The van der Waals surface area contributed by atoms with Crippen molar-refractivity contribution in [2.75, 3.05) is 0 Å². The van der Waals surface area contributed by atoms with Crippen molar-refractivity contribution in [3.63, 3.8) is 0 Å². The van der Waals surface area contributed by atoms with Crippen LogP contribution in [0.15, 0.2) is 41.0 Å². The molecule has 0 saturated heterocycles. The number of aryl methyl sites for hydroxylation is 1. The number of carbonyl (C=O) groups excluding carboxylic acids is 2. The second-order valence-electron chi connectivity index (χ2n) is 4.08. The molecule has 1 aromatic heterocycles. The third kappa shape index (κ3) is 2.91. The number of carbonyl (C=O) groups is 2. The van der Waals surface area contributed by atoms with Gasteiger partial charge in [0.15, 0.2) is 5.78 Å². The summed E-state index contributed by atoms with van der Waals surface area (Å²) in [5, 5.41) is 0. The van der Waals surface area contributed by atoms with E-state index in [4.69, 9.17) is 9.15 Å². The summed E-state index contributed by atoms with van der Waals surface area (Å²) >= 11 is 0. The lowest BCUT2D eigenvalue weighted by atomic mass is 10.1. The van der Waals surface area contributed by atoms with Crippen molar-refractivity contribution in [2.24, 2.45) is 0 Å². The van der Waals surface area contributed by atoms with Crippen LogP contribution in [0, 0.1) is 6.92 Å². The molecule has 0 aliphatic heterocycles. The van der Waals surface area contributed by atoms with Crippen LogP contribution in [0.4, 0.5) is 0 Å². The Bertz CT molecular complexity index is 593. The summed E-state index contributed by atoms with van der Waals surface area (Å²) in [6, 6.07) is 8.08. The van der Waals surface area contributed by atoms with Gasteiger partial charge in [0, 0.05) is 12.0 Å². The summed E-state index contributed by atoms with van der Waals surface area (Å²) in [6.07, 6.45) is 1.89. The maximum absolute atomic E-state index is 11.8. The maximum atomic E-state index is 11.8. The van der Waals surface area contributed by atoms with Gasteiger partial charge in [-0.25, -0.2) is 4.79 Å². The first kappa shape index (κ1) is 13.1. The second kappa shape index (κ2) is 5.52. The van der Waals surface area contributed by atoms with Gasteiger partial charge in [-0.3, -0.25) is 4.79 Å². The molecular formula is C15H14O4. The maximum Gasteiger partial charge on any atom is 0.347 e. The van der Waals surface area contributed by atoms with E-state index in [0.717, 1.165) is 0 Å². The Hall–Kier alpha value is -2.36. The average Bonchev–Trinajstić information content (AvgIpc) is 2.85. The Morgan fingerprint density at radius 1 is 1.16 bits per heavy atom. The number of ether oxygens (including phenoxy) is 1. The molecule has 19 heavy (non-hydrogen) atoms. The summed E-state index contributed by atoms with van der Waals surface area (Å²) < 4.78 is 10.2. The number of ketones is 1. The van der Waals surface area contributed by atoms with Gasteiger partial charge in [0.25, 0.3) is 0 Å². The van der Waals surface area contributed by atoms with Crippen molar-refractivity contribution in [3.8, 4) is 5.75 Å². The lowest BCUT2D eigenvalue weighted by Crippen LogP contribution is -2.08. The molecule has 4 heteroatoms. The zero-order valence-electron chi connectivity index (χ0n) is 10.8. The Kier molecular flexibility index (Phi) is 3.80. The highest BCUT2D eigenvalue weighted by molar-refractivity contribution is 5.96. The number of benzene rings is 1. The predicted octanol–water partition coefficient (Wildman–Crippen LogP) is 3.40. The van der Waals surface area contributed by atoms with E-state index in [1.54, 1.807) is 44.2 Å². The van der Waals surface area contributed by atoms with Crippen LogP contribution in [0.1, 0.15) is 39.8 Å². The Morgan fingerprint density at radius 2 is 1.84 bits per heavy atom. The van der Waals surface area contributed by atoms with Gasteiger partial charge in [-0.05, 0) is 37.3 Å². The van der Waals surface area contributed by atoms with Crippen molar-refractivity contribution >= 4 is 11.8 Å². The van der Waals surface area contributed by atoms with Crippen LogP contribution < -0.4 is 4.74 Å². The number of esters is 1. The van der Waals surface area contributed by atoms with E-state index >= 15 is 0 Å². The van der Waals surface area contributed by atoms with Gasteiger partial charge in [0.2, 0.25) is 0 Å². The molecule has 1 aromatic carbocycles. The fourth-order valence-electron chi connectivity index (χ4n) is 1.67. The van der Waals surface area contributed by atoms with Crippen molar-refractivity contribution in [3.05, 3.63) is 53.5 Å². The van der Waals surface area contributed by atoms with E-state index in [2.05, 4.69) is 0 Å². The molecule has 0 N–H and O–H groups in total. The fourth-order valence-corrected chi connectivity index (χ4v) is 1.67. The number of hydrogen-bond donors (Lipinski definition) is 0. The first-order chi connectivity index (χ1) is 9.11. The lowest BCUT2D eigenvalue weighted by Gasteiger charge is -2.04. The molecule has 1 heterocycles. The minimum absolute atomic E-state index is 0.0588. The van der Waals surface area contributed by atoms with Gasteiger partial charge in [-0.1, -0.05) is 6.92 Å². The highest BCUT2D eigenvalue weighted by Gasteiger charge is 2.14. The van der Waals surface area contributed by atoms with Gasteiger partial charge in [-0.2, -0.15) is 0 Å². The second-order valence-corrected chi connectivity index (χ2v) is 4.08. The first-order valence-corrected chi connectivity index (χ1v) is 6.01. The van der Waals surface area contributed by atoms with Gasteiger partial charge < -0.3 is 9.15 Å². The van der Waals surface area contributed by atoms with Crippen LogP contribution in [-0.2, 0) is 0 Å². The molecule has 0 aliphatic carbocycles. The molecule has 0 fully saturated rings. The van der Waals surface area contributed by atoms with Crippen LogP contribution in [0.3, 0.4) is 0 Å². The Balaban J connectivity index is 2.10. The van der Waals surface area contributed by atoms with E-state index in [1.807, 2.05) is 0 Å². The van der Waals surface area contributed by atoms with Crippen molar-refractivity contribution < 1.29 is 18.7 Å². The lowest BCUT2D eigenvalue weighted by molar-refractivity contribution is 0.0733. The average molecular weight is 258 g/mol. The Morgan fingerprint density at radius 3 is 2.37 bits per heavy atom. The SMILES string of the molecule is CCC(=O)c1ccc(OC(=O)c2ccoc2C)cc1. The van der Waals surface area contributed by atoms with Crippen molar-refractivity contribution in [1.82, 2.24) is 0 Å². The molecule has 0 aliphatic rings. The molecule has 4 nitrogen and oxygen atoms in total. The van der Waals surface area contributed by atoms with Crippen LogP contribution in [0.25, 0.3) is 0 Å². The fraction of sp³-hybridized carbons (Fsp3) is 0.200. The zero-order valence-corrected chi connectivity index (χ0v) is 10.8. The van der Waals surface area contributed by atoms with E-state index in [-0.39, 0.29) is 5.78 Å². The first-order valence-electron chi connectivity index (χ1n) is 6.01. The van der Waals surface area contributed by atoms with E-state index < -0.39 is 5.97 Å². The highest BCUT2D eigenvalue weighted by Crippen LogP contribution is 2.17. The van der Waals surface area contributed by atoms with Gasteiger partial charge in [-0.15, -0.1) is 0 Å². The van der Waals surface area contributed by atoms with Crippen LogP contribution in [-0.4, -0.2) is 11.8 Å². The number of hydrogen-bond acceptors (Lipinski definition) is 4. The minimum atomic E-state index is -0.471. The van der Waals surface area contributed by atoms with E-state index in [0.29, 0.717) is 29.1 Å². The largest absolute Gasteiger partial charge is 0.469 e. The molecule has 0 unspecified atom stereocenters. The van der Waals surface area contributed by atoms with Gasteiger partial charge >= 0.3 is 5.97 Å². The predicted molar refractivity (Wildman–Crippen MR) is 69.5 cm³/mol. The molecule has 0 amide bonds. The van der Waals surface area contributed by atoms with Crippen LogP contribution in [0.2, 0.25) is 0 Å².